The number of allylic oxidation sites excluding steroid dienone is 1. The Bertz CT molecular complexity index is 446. The first-order chi connectivity index (χ1) is 10.3. The Morgan fingerprint density at radius 2 is 1.64 bits per heavy atom. The van der Waals surface area contributed by atoms with Gasteiger partial charge in [-0.15, -0.1) is 0 Å². The van der Waals surface area contributed by atoms with Crippen molar-refractivity contribution >= 4 is 11.9 Å². The molecule has 3 unspecified atom stereocenters. The Morgan fingerprint density at radius 3 is 2.14 bits per heavy atom. The van der Waals surface area contributed by atoms with Gasteiger partial charge in [0.1, 0.15) is 5.92 Å². The van der Waals surface area contributed by atoms with Crippen LogP contribution in [0.25, 0.3) is 0 Å². The normalized spacial score (nSPS) is 32.5. The average Bonchev–Trinajstić information content (AvgIpc) is 2.75. The summed E-state index contributed by atoms with van der Waals surface area (Å²) in [6.07, 6.45) is 8.37. The van der Waals surface area contributed by atoms with Crippen LogP contribution in [-0.4, -0.2) is 28.3 Å². The molecule has 3 atom stereocenters. The summed E-state index contributed by atoms with van der Waals surface area (Å²) in [5, 5.41) is 19.1. The van der Waals surface area contributed by atoms with Crippen LogP contribution in [0.4, 0.5) is 0 Å². The summed E-state index contributed by atoms with van der Waals surface area (Å²) in [7, 11) is 0. The molecule has 1 aliphatic carbocycles. The molecule has 0 saturated heterocycles. The number of carboxylic acid groups (broad SMARTS) is 2. The van der Waals surface area contributed by atoms with Gasteiger partial charge in [-0.3, -0.25) is 4.79 Å². The molecule has 1 saturated carbocycles. The van der Waals surface area contributed by atoms with Gasteiger partial charge in [0.05, 0.1) is 6.26 Å². The van der Waals surface area contributed by atoms with E-state index in [9.17, 15) is 19.8 Å². The van der Waals surface area contributed by atoms with Crippen molar-refractivity contribution in [3.63, 3.8) is 0 Å². The molecular formula is C17H26O5. The van der Waals surface area contributed by atoms with Gasteiger partial charge in [0.15, 0.2) is 0 Å². The SMILES string of the molecule is CC1(C)C=COC(C(=O)O)C(C(=O)O)C1C1CCCCCC1. The highest BCUT2D eigenvalue weighted by atomic mass is 16.5. The number of rotatable bonds is 3. The number of carbonyl (C=O) groups is 2. The third-order valence-corrected chi connectivity index (χ3v) is 5.23. The minimum atomic E-state index is -1.32. The lowest BCUT2D eigenvalue weighted by atomic mass is 9.62. The summed E-state index contributed by atoms with van der Waals surface area (Å²) in [6.45, 7) is 3.98. The Kier molecular flexibility index (Phi) is 5.14. The second-order valence-electron chi connectivity index (χ2n) is 7.16. The fourth-order valence-electron chi connectivity index (χ4n) is 4.21. The minimum absolute atomic E-state index is 0.229. The van der Waals surface area contributed by atoms with E-state index in [0.29, 0.717) is 0 Å². The van der Waals surface area contributed by atoms with Crippen molar-refractivity contribution in [3.8, 4) is 0 Å². The van der Waals surface area contributed by atoms with Gasteiger partial charge in [-0.25, -0.2) is 4.79 Å². The molecule has 1 fully saturated rings. The lowest BCUT2D eigenvalue weighted by Crippen LogP contribution is -2.46. The highest BCUT2D eigenvalue weighted by Gasteiger charge is 2.50. The Morgan fingerprint density at radius 1 is 1.05 bits per heavy atom. The standard InChI is InChI=1S/C17H26O5/c1-17(2)9-10-22-14(16(20)21)12(15(18)19)13(17)11-7-5-3-4-6-8-11/h9-14H,3-8H2,1-2H3,(H,18,19)(H,20,21). The van der Waals surface area contributed by atoms with Crippen molar-refractivity contribution in [2.24, 2.45) is 23.2 Å². The van der Waals surface area contributed by atoms with Crippen LogP contribution in [0.2, 0.25) is 0 Å². The molecule has 5 heteroatoms. The van der Waals surface area contributed by atoms with E-state index in [1.807, 2.05) is 19.9 Å². The predicted molar refractivity (Wildman–Crippen MR) is 81.2 cm³/mol. The van der Waals surface area contributed by atoms with Gasteiger partial charge in [-0.05, 0) is 23.3 Å². The molecule has 1 heterocycles. The van der Waals surface area contributed by atoms with Gasteiger partial charge < -0.3 is 14.9 Å². The minimum Gasteiger partial charge on any atom is -0.486 e. The third kappa shape index (κ3) is 3.45. The molecule has 0 radical (unpaired) electrons. The number of hydrogen-bond acceptors (Lipinski definition) is 3. The van der Waals surface area contributed by atoms with E-state index in [4.69, 9.17) is 4.74 Å². The molecule has 1 aliphatic heterocycles. The topological polar surface area (TPSA) is 83.8 Å². The van der Waals surface area contributed by atoms with E-state index in [1.165, 1.54) is 19.1 Å². The van der Waals surface area contributed by atoms with E-state index in [1.54, 1.807) is 0 Å². The Balaban J connectivity index is 2.41. The smallest absolute Gasteiger partial charge is 0.345 e. The Hall–Kier alpha value is -1.52. The van der Waals surface area contributed by atoms with E-state index < -0.39 is 29.4 Å². The van der Waals surface area contributed by atoms with Crippen molar-refractivity contribution in [1.29, 1.82) is 0 Å². The van der Waals surface area contributed by atoms with Crippen LogP contribution < -0.4 is 0 Å². The molecule has 0 aromatic carbocycles. The van der Waals surface area contributed by atoms with Crippen molar-refractivity contribution in [1.82, 2.24) is 0 Å². The summed E-state index contributed by atoms with van der Waals surface area (Å²) >= 11 is 0. The zero-order chi connectivity index (χ0) is 16.3. The van der Waals surface area contributed by atoms with Gasteiger partial charge in [-0.2, -0.15) is 0 Å². The monoisotopic (exact) mass is 310 g/mol. The summed E-state index contributed by atoms with van der Waals surface area (Å²) in [6, 6.07) is 0. The fraction of sp³-hybridized carbons (Fsp3) is 0.765. The summed E-state index contributed by atoms with van der Waals surface area (Å²) in [5.74, 6) is -3.30. The fourth-order valence-corrected chi connectivity index (χ4v) is 4.21. The maximum Gasteiger partial charge on any atom is 0.345 e. The largest absolute Gasteiger partial charge is 0.486 e. The predicted octanol–water partition coefficient (Wildman–Crippen LogP) is 3.30. The first-order valence-electron chi connectivity index (χ1n) is 8.13. The molecule has 0 aromatic heterocycles. The summed E-state index contributed by atoms with van der Waals surface area (Å²) < 4.78 is 5.27. The van der Waals surface area contributed by atoms with Crippen LogP contribution in [0, 0.1) is 23.2 Å². The van der Waals surface area contributed by atoms with Crippen molar-refractivity contribution in [2.45, 2.75) is 58.5 Å². The van der Waals surface area contributed by atoms with Gasteiger partial charge >= 0.3 is 11.9 Å². The highest BCUT2D eigenvalue weighted by Crippen LogP contribution is 2.47. The molecule has 2 rings (SSSR count). The molecular weight excluding hydrogens is 284 g/mol. The zero-order valence-electron chi connectivity index (χ0n) is 13.3. The number of ether oxygens (including phenoxy) is 1. The quantitative estimate of drug-likeness (QED) is 0.781. The first-order valence-corrected chi connectivity index (χ1v) is 8.13. The zero-order valence-corrected chi connectivity index (χ0v) is 13.3. The van der Waals surface area contributed by atoms with Gasteiger partial charge in [0.25, 0.3) is 0 Å². The number of carboxylic acids is 2. The molecule has 0 bridgehead atoms. The maximum absolute atomic E-state index is 11.9. The molecule has 2 aliphatic rings. The molecule has 0 aromatic rings. The van der Waals surface area contributed by atoms with E-state index in [2.05, 4.69) is 0 Å². The number of hydrogen-bond donors (Lipinski definition) is 2. The maximum atomic E-state index is 11.9. The number of aliphatic carboxylic acids is 2. The summed E-state index contributed by atoms with van der Waals surface area (Å²) in [5.41, 5.74) is -0.401. The van der Waals surface area contributed by atoms with Gasteiger partial charge in [0, 0.05) is 0 Å². The van der Waals surface area contributed by atoms with Crippen LogP contribution in [-0.2, 0) is 14.3 Å². The highest BCUT2D eigenvalue weighted by molar-refractivity contribution is 5.82. The van der Waals surface area contributed by atoms with Gasteiger partial charge in [-0.1, -0.05) is 52.4 Å². The van der Waals surface area contributed by atoms with Crippen LogP contribution >= 0.6 is 0 Å². The molecule has 2 N–H and O–H groups in total. The molecule has 22 heavy (non-hydrogen) atoms. The molecule has 0 spiro atoms. The van der Waals surface area contributed by atoms with Crippen LogP contribution in [0.1, 0.15) is 52.4 Å². The lowest BCUT2D eigenvalue weighted by Gasteiger charge is -2.40. The third-order valence-electron chi connectivity index (χ3n) is 5.23. The van der Waals surface area contributed by atoms with E-state index in [0.717, 1.165) is 25.7 Å². The average molecular weight is 310 g/mol. The molecule has 5 nitrogen and oxygen atoms in total. The first kappa shape index (κ1) is 16.8. The van der Waals surface area contributed by atoms with Crippen LogP contribution in [0.5, 0.6) is 0 Å². The second kappa shape index (κ2) is 6.71. The molecule has 124 valence electrons. The van der Waals surface area contributed by atoms with Crippen molar-refractivity contribution in [3.05, 3.63) is 12.3 Å². The molecule has 0 amide bonds. The van der Waals surface area contributed by atoms with Crippen LogP contribution in [0.15, 0.2) is 12.3 Å². The second-order valence-corrected chi connectivity index (χ2v) is 7.16. The van der Waals surface area contributed by atoms with Gasteiger partial charge in [0.2, 0.25) is 6.10 Å². The summed E-state index contributed by atoms with van der Waals surface area (Å²) in [4.78, 5) is 23.4. The lowest BCUT2D eigenvalue weighted by molar-refractivity contribution is -0.165. The van der Waals surface area contributed by atoms with Crippen LogP contribution in [0.3, 0.4) is 0 Å². The van der Waals surface area contributed by atoms with E-state index in [-0.39, 0.29) is 11.8 Å². The van der Waals surface area contributed by atoms with Crippen molar-refractivity contribution in [2.75, 3.05) is 0 Å². The Labute approximate surface area is 131 Å². The van der Waals surface area contributed by atoms with E-state index >= 15 is 0 Å². The van der Waals surface area contributed by atoms with Crippen molar-refractivity contribution < 1.29 is 24.5 Å².